The Bertz CT molecular complexity index is 339. The quantitative estimate of drug-likeness (QED) is 0.839. The Kier molecular flexibility index (Phi) is 2.86. The van der Waals surface area contributed by atoms with E-state index in [1.165, 1.54) is 22.0 Å². The lowest BCUT2D eigenvalue weighted by molar-refractivity contribution is 0.418. The number of nitrogens with two attached hydrogens (primary N) is 1. The Morgan fingerprint density at radius 1 is 1.53 bits per heavy atom. The number of hydrogen-bond acceptors (Lipinski definition) is 3. The van der Waals surface area contributed by atoms with Gasteiger partial charge in [0.15, 0.2) is 0 Å². The molecule has 0 saturated heterocycles. The van der Waals surface area contributed by atoms with Crippen LogP contribution in [0.4, 0.5) is 0 Å². The highest BCUT2D eigenvalue weighted by atomic mass is 32.1. The molecule has 15 heavy (non-hydrogen) atoms. The second-order valence-electron chi connectivity index (χ2n) is 5.14. The van der Waals surface area contributed by atoms with Crippen molar-refractivity contribution in [3.63, 3.8) is 0 Å². The second-order valence-corrected chi connectivity index (χ2v) is 6.42. The van der Waals surface area contributed by atoms with Crippen molar-refractivity contribution in [1.82, 2.24) is 4.98 Å². The zero-order valence-electron chi connectivity index (χ0n) is 9.84. The molecule has 1 aliphatic carbocycles. The molecule has 1 aromatic rings. The van der Waals surface area contributed by atoms with E-state index >= 15 is 0 Å². The van der Waals surface area contributed by atoms with Crippen molar-refractivity contribution in [2.24, 2.45) is 11.7 Å². The van der Waals surface area contributed by atoms with Gasteiger partial charge in [0.2, 0.25) is 0 Å². The summed E-state index contributed by atoms with van der Waals surface area (Å²) in [7, 11) is 0. The smallest absolute Gasteiger partial charge is 0.0949 e. The zero-order valence-corrected chi connectivity index (χ0v) is 10.7. The fourth-order valence-electron chi connectivity index (χ4n) is 2.51. The SMILES string of the molecule is Cc1nc(CC2(N)CCC(C)C2)sc1C. The normalized spacial score (nSPS) is 31.1. The van der Waals surface area contributed by atoms with Gasteiger partial charge in [0.1, 0.15) is 0 Å². The fourth-order valence-corrected chi connectivity index (χ4v) is 3.60. The molecular formula is C12H20N2S. The van der Waals surface area contributed by atoms with Gasteiger partial charge in [-0.2, -0.15) is 0 Å². The van der Waals surface area contributed by atoms with Crippen molar-refractivity contribution in [2.75, 3.05) is 0 Å². The maximum absolute atomic E-state index is 6.41. The van der Waals surface area contributed by atoms with Crippen LogP contribution in [0.25, 0.3) is 0 Å². The van der Waals surface area contributed by atoms with Crippen LogP contribution in [0.15, 0.2) is 0 Å². The van der Waals surface area contributed by atoms with Crippen molar-refractivity contribution >= 4 is 11.3 Å². The molecule has 0 bridgehead atoms. The third-order valence-corrected chi connectivity index (χ3v) is 4.54. The first-order valence-electron chi connectivity index (χ1n) is 5.70. The largest absolute Gasteiger partial charge is 0.325 e. The van der Waals surface area contributed by atoms with Crippen LogP contribution in [0.2, 0.25) is 0 Å². The van der Waals surface area contributed by atoms with Crippen molar-refractivity contribution in [2.45, 2.75) is 52.0 Å². The van der Waals surface area contributed by atoms with Gasteiger partial charge in [-0.05, 0) is 39.0 Å². The highest BCUT2D eigenvalue weighted by Crippen LogP contribution is 2.35. The van der Waals surface area contributed by atoms with Gasteiger partial charge in [-0.1, -0.05) is 6.92 Å². The summed E-state index contributed by atoms with van der Waals surface area (Å²) in [5.41, 5.74) is 7.60. The second kappa shape index (κ2) is 3.87. The maximum Gasteiger partial charge on any atom is 0.0949 e. The molecule has 2 rings (SSSR count). The van der Waals surface area contributed by atoms with E-state index in [1.54, 1.807) is 0 Å². The van der Waals surface area contributed by atoms with Crippen molar-refractivity contribution < 1.29 is 0 Å². The molecule has 0 aromatic carbocycles. The lowest BCUT2D eigenvalue weighted by atomic mass is 9.94. The van der Waals surface area contributed by atoms with E-state index in [4.69, 9.17) is 5.73 Å². The Morgan fingerprint density at radius 2 is 2.27 bits per heavy atom. The predicted molar refractivity (Wildman–Crippen MR) is 65.2 cm³/mol. The van der Waals surface area contributed by atoms with Crippen LogP contribution in [-0.2, 0) is 6.42 Å². The maximum atomic E-state index is 6.41. The molecule has 1 heterocycles. The predicted octanol–water partition coefficient (Wildman–Crippen LogP) is 2.82. The van der Waals surface area contributed by atoms with E-state index in [0.717, 1.165) is 25.2 Å². The average molecular weight is 224 g/mol. The molecule has 2 N–H and O–H groups in total. The highest BCUT2D eigenvalue weighted by Gasteiger charge is 2.34. The molecular weight excluding hydrogens is 204 g/mol. The number of thiazole rings is 1. The molecule has 3 heteroatoms. The summed E-state index contributed by atoms with van der Waals surface area (Å²) in [6.45, 7) is 6.51. The van der Waals surface area contributed by atoms with Crippen LogP contribution < -0.4 is 5.73 Å². The Labute approximate surface area is 95.9 Å². The number of hydrogen-bond donors (Lipinski definition) is 1. The van der Waals surface area contributed by atoms with Gasteiger partial charge in [-0.3, -0.25) is 0 Å². The van der Waals surface area contributed by atoms with E-state index in [9.17, 15) is 0 Å². The Hall–Kier alpha value is -0.410. The first-order chi connectivity index (χ1) is 6.98. The van der Waals surface area contributed by atoms with Gasteiger partial charge >= 0.3 is 0 Å². The summed E-state index contributed by atoms with van der Waals surface area (Å²) in [4.78, 5) is 5.92. The lowest BCUT2D eigenvalue weighted by Gasteiger charge is -2.22. The average Bonchev–Trinajstić information content (AvgIpc) is 2.58. The molecule has 2 unspecified atom stereocenters. The molecule has 0 aliphatic heterocycles. The fraction of sp³-hybridized carbons (Fsp3) is 0.750. The number of rotatable bonds is 2. The molecule has 1 saturated carbocycles. The van der Waals surface area contributed by atoms with Gasteiger partial charge in [0.05, 0.1) is 10.7 Å². The molecule has 1 fully saturated rings. The Balaban J connectivity index is 2.08. The van der Waals surface area contributed by atoms with Crippen LogP contribution in [0.1, 0.15) is 41.8 Å². The Morgan fingerprint density at radius 3 is 2.73 bits per heavy atom. The molecule has 2 nitrogen and oxygen atoms in total. The van der Waals surface area contributed by atoms with Crippen LogP contribution in [0.3, 0.4) is 0 Å². The van der Waals surface area contributed by atoms with Gasteiger partial charge in [-0.15, -0.1) is 11.3 Å². The monoisotopic (exact) mass is 224 g/mol. The molecule has 0 amide bonds. The highest BCUT2D eigenvalue weighted by molar-refractivity contribution is 7.11. The van der Waals surface area contributed by atoms with Gasteiger partial charge in [-0.25, -0.2) is 4.98 Å². The van der Waals surface area contributed by atoms with Crippen molar-refractivity contribution in [3.8, 4) is 0 Å². The first-order valence-corrected chi connectivity index (χ1v) is 6.52. The zero-order chi connectivity index (χ0) is 11.1. The molecule has 84 valence electrons. The molecule has 0 radical (unpaired) electrons. The van der Waals surface area contributed by atoms with Crippen molar-refractivity contribution in [3.05, 3.63) is 15.6 Å². The molecule has 0 spiro atoms. The van der Waals surface area contributed by atoms with E-state index in [2.05, 4.69) is 25.8 Å². The van der Waals surface area contributed by atoms with Gasteiger partial charge < -0.3 is 5.73 Å². The van der Waals surface area contributed by atoms with Crippen LogP contribution in [0.5, 0.6) is 0 Å². The van der Waals surface area contributed by atoms with Crippen molar-refractivity contribution in [1.29, 1.82) is 0 Å². The van der Waals surface area contributed by atoms with E-state index in [0.29, 0.717) is 0 Å². The molecule has 1 aliphatic rings. The number of nitrogens with zero attached hydrogens (tertiary/aromatic N) is 1. The third-order valence-electron chi connectivity index (χ3n) is 3.47. The van der Waals surface area contributed by atoms with Gasteiger partial charge in [0, 0.05) is 16.8 Å². The van der Waals surface area contributed by atoms with E-state index in [1.807, 2.05) is 11.3 Å². The summed E-state index contributed by atoms with van der Waals surface area (Å²) in [6, 6.07) is 0. The first kappa shape index (κ1) is 11.1. The van der Waals surface area contributed by atoms with Crippen LogP contribution >= 0.6 is 11.3 Å². The summed E-state index contributed by atoms with van der Waals surface area (Å²) in [5, 5.41) is 1.22. The van der Waals surface area contributed by atoms with Crippen LogP contribution in [0, 0.1) is 19.8 Å². The summed E-state index contributed by atoms with van der Waals surface area (Å²) >= 11 is 1.81. The summed E-state index contributed by atoms with van der Waals surface area (Å²) in [5.74, 6) is 0.789. The van der Waals surface area contributed by atoms with E-state index in [-0.39, 0.29) is 5.54 Å². The minimum Gasteiger partial charge on any atom is -0.325 e. The third kappa shape index (κ3) is 2.40. The van der Waals surface area contributed by atoms with E-state index < -0.39 is 0 Å². The minimum atomic E-state index is 0.0240. The van der Waals surface area contributed by atoms with Gasteiger partial charge in [0.25, 0.3) is 0 Å². The number of aromatic nitrogens is 1. The summed E-state index contributed by atoms with van der Waals surface area (Å²) < 4.78 is 0. The molecule has 1 aromatic heterocycles. The molecule has 2 atom stereocenters. The standard InChI is InChI=1S/C12H20N2S/c1-8-4-5-12(13,6-8)7-11-14-9(2)10(3)15-11/h8H,4-7,13H2,1-3H3. The topological polar surface area (TPSA) is 38.9 Å². The summed E-state index contributed by atoms with van der Waals surface area (Å²) in [6.07, 6.45) is 4.56. The van der Waals surface area contributed by atoms with Crippen LogP contribution in [-0.4, -0.2) is 10.5 Å². The minimum absolute atomic E-state index is 0.0240. The lowest BCUT2D eigenvalue weighted by Crippen LogP contribution is -2.39. The number of aryl methyl sites for hydroxylation is 2.